The van der Waals surface area contributed by atoms with Gasteiger partial charge in [-0.25, -0.2) is 0 Å². The van der Waals surface area contributed by atoms with Crippen molar-refractivity contribution in [1.82, 2.24) is 15.5 Å². The fraction of sp³-hybridized carbons (Fsp3) is 0.500. The van der Waals surface area contributed by atoms with E-state index in [4.69, 9.17) is 23.2 Å². The lowest BCUT2D eigenvalue weighted by atomic mass is 10.1. The van der Waals surface area contributed by atoms with Crippen molar-refractivity contribution in [3.63, 3.8) is 0 Å². The molecule has 0 atom stereocenters. The minimum atomic E-state index is 0.00838. The molecular formula is C14H21Cl2N3O. The summed E-state index contributed by atoms with van der Waals surface area (Å²) in [5.41, 5.74) is 1.02. The zero-order chi connectivity index (χ0) is 15.0. The number of hydrogen-bond acceptors (Lipinski definition) is 3. The predicted octanol–water partition coefficient (Wildman–Crippen LogP) is 1.80. The Bertz CT molecular complexity index is 438. The number of benzene rings is 1. The van der Waals surface area contributed by atoms with E-state index in [-0.39, 0.29) is 5.91 Å². The molecule has 4 nitrogen and oxygen atoms in total. The summed E-state index contributed by atoms with van der Waals surface area (Å²) >= 11 is 11.9. The van der Waals surface area contributed by atoms with Crippen molar-refractivity contribution in [1.29, 1.82) is 0 Å². The van der Waals surface area contributed by atoms with Crippen molar-refractivity contribution in [2.45, 2.75) is 6.42 Å². The highest BCUT2D eigenvalue weighted by atomic mass is 35.5. The molecule has 20 heavy (non-hydrogen) atoms. The van der Waals surface area contributed by atoms with E-state index in [0.29, 0.717) is 29.7 Å². The van der Waals surface area contributed by atoms with Crippen LogP contribution in [-0.4, -0.2) is 51.1 Å². The number of hydrogen-bond donors (Lipinski definition) is 2. The highest BCUT2D eigenvalue weighted by Gasteiger charge is 2.03. The van der Waals surface area contributed by atoms with Gasteiger partial charge >= 0.3 is 0 Å². The van der Waals surface area contributed by atoms with Gasteiger partial charge in [-0.2, -0.15) is 0 Å². The van der Waals surface area contributed by atoms with Crippen LogP contribution in [0.2, 0.25) is 10.0 Å². The number of halogens is 2. The molecule has 0 spiro atoms. The summed E-state index contributed by atoms with van der Waals surface area (Å²) < 4.78 is 0. The van der Waals surface area contributed by atoms with Crippen LogP contribution in [0.4, 0.5) is 0 Å². The Morgan fingerprint density at radius 1 is 1.25 bits per heavy atom. The summed E-state index contributed by atoms with van der Waals surface area (Å²) in [5.74, 6) is 0.00838. The van der Waals surface area contributed by atoms with E-state index in [1.54, 1.807) is 6.07 Å². The second-order valence-electron chi connectivity index (χ2n) is 4.82. The molecular weight excluding hydrogens is 297 g/mol. The Hall–Kier alpha value is -0.810. The van der Waals surface area contributed by atoms with Crippen molar-refractivity contribution >= 4 is 29.1 Å². The third-order valence-electron chi connectivity index (χ3n) is 2.75. The van der Waals surface area contributed by atoms with Gasteiger partial charge in [-0.3, -0.25) is 4.79 Å². The van der Waals surface area contributed by atoms with Gasteiger partial charge in [0.25, 0.3) is 0 Å². The second kappa shape index (κ2) is 9.19. The Labute approximate surface area is 130 Å². The molecule has 112 valence electrons. The van der Waals surface area contributed by atoms with E-state index in [1.807, 2.05) is 31.1 Å². The van der Waals surface area contributed by atoms with Gasteiger partial charge in [-0.05, 0) is 44.8 Å². The van der Waals surface area contributed by atoms with Gasteiger partial charge in [0.15, 0.2) is 0 Å². The molecule has 1 aromatic rings. The van der Waals surface area contributed by atoms with Gasteiger partial charge in [-0.15, -0.1) is 0 Å². The lowest BCUT2D eigenvalue weighted by Crippen LogP contribution is -2.37. The van der Waals surface area contributed by atoms with Crippen LogP contribution in [0.1, 0.15) is 5.56 Å². The van der Waals surface area contributed by atoms with Crippen LogP contribution in [0.25, 0.3) is 0 Å². The summed E-state index contributed by atoms with van der Waals surface area (Å²) in [6, 6.07) is 5.45. The predicted molar refractivity (Wildman–Crippen MR) is 84.6 cm³/mol. The fourth-order valence-electron chi connectivity index (χ4n) is 1.63. The minimum Gasteiger partial charge on any atom is -0.354 e. The van der Waals surface area contributed by atoms with Crippen molar-refractivity contribution in [3.05, 3.63) is 33.8 Å². The third kappa shape index (κ3) is 7.10. The number of likely N-dealkylation sites (N-methyl/N-ethyl adjacent to an activating group) is 1. The van der Waals surface area contributed by atoms with Crippen LogP contribution in [0.3, 0.4) is 0 Å². The lowest BCUT2D eigenvalue weighted by molar-refractivity contribution is -0.120. The topological polar surface area (TPSA) is 44.4 Å². The lowest BCUT2D eigenvalue weighted by Gasteiger charge is -2.11. The summed E-state index contributed by atoms with van der Waals surface area (Å²) in [6.07, 6.45) is 0.765. The maximum absolute atomic E-state index is 11.5. The molecule has 0 aliphatic rings. The molecule has 1 amide bonds. The van der Waals surface area contributed by atoms with Gasteiger partial charge in [0.1, 0.15) is 0 Å². The molecule has 0 heterocycles. The average molecular weight is 318 g/mol. The summed E-state index contributed by atoms with van der Waals surface area (Å²) in [4.78, 5) is 13.5. The maximum atomic E-state index is 11.5. The van der Waals surface area contributed by atoms with Gasteiger partial charge in [0, 0.05) is 23.1 Å². The highest BCUT2D eigenvalue weighted by molar-refractivity contribution is 6.35. The van der Waals surface area contributed by atoms with Crippen LogP contribution in [0, 0.1) is 0 Å². The zero-order valence-corrected chi connectivity index (χ0v) is 13.4. The molecule has 0 saturated heterocycles. The first kappa shape index (κ1) is 17.2. The Morgan fingerprint density at radius 3 is 2.65 bits per heavy atom. The van der Waals surface area contributed by atoms with Gasteiger partial charge < -0.3 is 15.5 Å². The largest absolute Gasteiger partial charge is 0.354 e. The number of amides is 1. The molecule has 0 unspecified atom stereocenters. The van der Waals surface area contributed by atoms with Crippen LogP contribution < -0.4 is 10.6 Å². The minimum absolute atomic E-state index is 0.00838. The standard InChI is InChI=1S/C14H21Cl2N3O/c1-19(2)8-7-18-14(20)10-17-6-5-11-3-4-12(15)9-13(11)16/h3-4,9,17H,5-8,10H2,1-2H3,(H,18,20). The summed E-state index contributed by atoms with van der Waals surface area (Å²) in [5, 5.41) is 7.23. The second-order valence-corrected chi connectivity index (χ2v) is 5.66. The first-order valence-electron chi connectivity index (χ1n) is 6.55. The van der Waals surface area contributed by atoms with E-state index in [1.165, 1.54) is 0 Å². The SMILES string of the molecule is CN(C)CCNC(=O)CNCCc1ccc(Cl)cc1Cl. The normalized spacial score (nSPS) is 10.8. The Kier molecular flexibility index (Phi) is 7.92. The van der Waals surface area contributed by atoms with Crippen molar-refractivity contribution in [2.75, 3.05) is 40.3 Å². The van der Waals surface area contributed by atoms with E-state index >= 15 is 0 Å². The number of nitrogens with one attached hydrogen (secondary N) is 2. The first-order valence-corrected chi connectivity index (χ1v) is 7.30. The number of carbonyl (C=O) groups excluding carboxylic acids is 1. The van der Waals surface area contributed by atoms with E-state index in [0.717, 1.165) is 18.5 Å². The highest BCUT2D eigenvalue weighted by Crippen LogP contribution is 2.20. The molecule has 0 radical (unpaired) electrons. The fourth-order valence-corrected chi connectivity index (χ4v) is 2.13. The average Bonchev–Trinajstić information content (AvgIpc) is 2.36. The van der Waals surface area contributed by atoms with Gasteiger partial charge in [0.05, 0.1) is 6.54 Å². The molecule has 0 bridgehead atoms. The third-order valence-corrected chi connectivity index (χ3v) is 3.34. The van der Waals surface area contributed by atoms with Gasteiger partial charge in [-0.1, -0.05) is 29.3 Å². The smallest absolute Gasteiger partial charge is 0.234 e. The van der Waals surface area contributed by atoms with Crippen molar-refractivity contribution in [3.8, 4) is 0 Å². The van der Waals surface area contributed by atoms with Crippen molar-refractivity contribution < 1.29 is 4.79 Å². The van der Waals surface area contributed by atoms with E-state index in [9.17, 15) is 4.79 Å². The first-order chi connectivity index (χ1) is 9.49. The van der Waals surface area contributed by atoms with Gasteiger partial charge in [0.2, 0.25) is 5.91 Å². The van der Waals surface area contributed by atoms with Crippen LogP contribution in [0.5, 0.6) is 0 Å². The van der Waals surface area contributed by atoms with E-state index < -0.39 is 0 Å². The van der Waals surface area contributed by atoms with E-state index in [2.05, 4.69) is 10.6 Å². The molecule has 0 aliphatic heterocycles. The van der Waals surface area contributed by atoms with Crippen LogP contribution in [-0.2, 0) is 11.2 Å². The molecule has 0 aliphatic carbocycles. The van der Waals surface area contributed by atoms with Crippen LogP contribution >= 0.6 is 23.2 Å². The molecule has 1 aromatic carbocycles. The molecule has 0 fully saturated rings. The Balaban J connectivity index is 2.16. The molecule has 0 saturated carbocycles. The molecule has 6 heteroatoms. The van der Waals surface area contributed by atoms with Crippen LogP contribution in [0.15, 0.2) is 18.2 Å². The number of nitrogens with zero attached hydrogens (tertiary/aromatic N) is 1. The zero-order valence-electron chi connectivity index (χ0n) is 11.9. The number of carbonyl (C=O) groups is 1. The molecule has 0 aromatic heterocycles. The maximum Gasteiger partial charge on any atom is 0.234 e. The summed E-state index contributed by atoms with van der Waals surface area (Å²) in [6.45, 7) is 2.52. The monoisotopic (exact) mass is 317 g/mol. The quantitative estimate of drug-likeness (QED) is 0.719. The number of rotatable bonds is 8. The Morgan fingerprint density at radius 2 is 2.00 bits per heavy atom. The molecule has 1 rings (SSSR count). The molecule has 2 N–H and O–H groups in total. The van der Waals surface area contributed by atoms with Crippen molar-refractivity contribution in [2.24, 2.45) is 0 Å². The summed E-state index contributed by atoms with van der Waals surface area (Å²) in [7, 11) is 3.94.